The Labute approximate surface area is 204 Å². The van der Waals surface area contributed by atoms with E-state index in [2.05, 4.69) is 15.3 Å². The maximum Gasteiger partial charge on any atom is 0.337 e. The molecule has 2 aromatic carbocycles. The molecule has 8 heteroatoms. The number of anilines is 1. The fourth-order valence-corrected chi connectivity index (χ4v) is 4.37. The van der Waals surface area contributed by atoms with Crippen LogP contribution in [0.4, 0.5) is 5.69 Å². The molecule has 35 heavy (non-hydrogen) atoms. The summed E-state index contributed by atoms with van der Waals surface area (Å²) in [5.41, 5.74) is 1.55. The molecule has 0 aliphatic heterocycles. The van der Waals surface area contributed by atoms with Gasteiger partial charge in [0.05, 0.1) is 18.9 Å². The van der Waals surface area contributed by atoms with Gasteiger partial charge in [0, 0.05) is 24.1 Å². The van der Waals surface area contributed by atoms with Crippen LogP contribution in [0.25, 0.3) is 0 Å². The van der Waals surface area contributed by atoms with E-state index in [9.17, 15) is 14.4 Å². The van der Waals surface area contributed by atoms with E-state index in [4.69, 9.17) is 4.74 Å². The van der Waals surface area contributed by atoms with E-state index in [-0.39, 0.29) is 17.6 Å². The first kappa shape index (κ1) is 24.1. The second-order valence-electron chi connectivity index (χ2n) is 8.46. The third kappa shape index (κ3) is 5.71. The van der Waals surface area contributed by atoms with Gasteiger partial charge in [0.15, 0.2) is 0 Å². The van der Waals surface area contributed by atoms with E-state index in [0.29, 0.717) is 16.8 Å². The van der Waals surface area contributed by atoms with Crippen LogP contribution in [0.5, 0.6) is 0 Å². The van der Waals surface area contributed by atoms with Crippen LogP contribution in [0.2, 0.25) is 0 Å². The highest BCUT2D eigenvalue weighted by molar-refractivity contribution is 6.09. The lowest BCUT2D eigenvalue weighted by atomic mass is 9.94. The zero-order valence-corrected chi connectivity index (χ0v) is 19.6. The third-order valence-corrected chi connectivity index (χ3v) is 6.14. The van der Waals surface area contributed by atoms with Gasteiger partial charge in [0.2, 0.25) is 5.91 Å². The Morgan fingerprint density at radius 2 is 1.69 bits per heavy atom. The minimum atomic E-state index is -0.948. The van der Waals surface area contributed by atoms with Crippen molar-refractivity contribution in [2.45, 2.75) is 44.2 Å². The summed E-state index contributed by atoms with van der Waals surface area (Å²) >= 11 is 0. The van der Waals surface area contributed by atoms with Crippen LogP contribution >= 0.6 is 0 Å². The molecule has 1 N–H and O–H groups in total. The van der Waals surface area contributed by atoms with E-state index >= 15 is 0 Å². The highest BCUT2D eigenvalue weighted by Crippen LogP contribution is 2.30. The smallest absolute Gasteiger partial charge is 0.337 e. The summed E-state index contributed by atoms with van der Waals surface area (Å²) in [5, 5.41) is 3.17. The van der Waals surface area contributed by atoms with Crippen LogP contribution in [-0.4, -0.2) is 40.9 Å². The number of ether oxygens (including phenoxy) is 1. The number of nitrogens with zero attached hydrogens (tertiary/aromatic N) is 3. The van der Waals surface area contributed by atoms with Gasteiger partial charge in [-0.1, -0.05) is 49.6 Å². The number of methoxy groups -OCH3 is 1. The zero-order valence-electron chi connectivity index (χ0n) is 19.6. The molecular weight excluding hydrogens is 444 g/mol. The highest BCUT2D eigenvalue weighted by atomic mass is 16.5. The number of rotatable bonds is 7. The largest absolute Gasteiger partial charge is 0.465 e. The zero-order chi connectivity index (χ0) is 24.6. The molecule has 0 unspecified atom stereocenters. The van der Waals surface area contributed by atoms with Gasteiger partial charge in [-0.05, 0) is 42.7 Å². The molecule has 0 saturated heterocycles. The summed E-state index contributed by atoms with van der Waals surface area (Å²) < 4.78 is 4.79. The molecule has 4 rings (SSSR count). The van der Waals surface area contributed by atoms with Crippen molar-refractivity contribution in [1.82, 2.24) is 15.3 Å². The Morgan fingerprint density at radius 1 is 0.971 bits per heavy atom. The molecule has 3 aromatic rings. The SMILES string of the molecule is COC(=O)c1ccc(N(C(=O)c2cnccn2)[C@H](C(=O)NC2CCCCC2)c2ccccc2)cc1. The summed E-state index contributed by atoms with van der Waals surface area (Å²) in [5.74, 6) is -1.23. The molecule has 1 fully saturated rings. The summed E-state index contributed by atoms with van der Waals surface area (Å²) in [6.45, 7) is 0. The molecule has 8 nitrogen and oxygen atoms in total. The van der Waals surface area contributed by atoms with Crippen molar-refractivity contribution in [2.24, 2.45) is 0 Å². The van der Waals surface area contributed by atoms with Gasteiger partial charge in [-0.3, -0.25) is 19.5 Å². The first-order valence-corrected chi connectivity index (χ1v) is 11.7. The molecule has 1 aromatic heterocycles. The van der Waals surface area contributed by atoms with E-state index < -0.39 is 17.9 Å². The van der Waals surface area contributed by atoms with Crippen LogP contribution < -0.4 is 10.2 Å². The predicted molar refractivity (Wildman–Crippen MR) is 131 cm³/mol. The van der Waals surface area contributed by atoms with Gasteiger partial charge < -0.3 is 10.1 Å². The predicted octanol–water partition coefficient (Wildman–Crippen LogP) is 4.10. The second-order valence-corrected chi connectivity index (χ2v) is 8.46. The number of benzene rings is 2. The summed E-state index contributed by atoms with van der Waals surface area (Å²) in [6, 6.07) is 14.7. The van der Waals surface area contributed by atoms with Crippen LogP contribution in [-0.2, 0) is 9.53 Å². The lowest BCUT2D eigenvalue weighted by Gasteiger charge is -2.33. The number of carbonyl (C=O) groups excluding carboxylic acids is 3. The van der Waals surface area contributed by atoms with Crippen LogP contribution in [0.1, 0.15) is 64.6 Å². The number of esters is 1. The number of hydrogen-bond donors (Lipinski definition) is 1. The fraction of sp³-hybridized carbons (Fsp3) is 0.296. The molecule has 1 aliphatic carbocycles. The first-order chi connectivity index (χ1) is 17.1. The third-order valence-electron chi connectivity index (χ3n) is 6.14. The normalized spacial score (nSPS) is 14.5. The van der Waals surface area contributed by atoms with Gasteiger partial charge in [0.1, 0.15) is 11.7 Å². The second kappa shape index (κ2) is 11.4. The van der Waals surface area contributed by atoms with Crippen molar-refractivity contribution in [3.05, 3.63) is 90.0 Å². The molecular formula is C27H28N4O4. The van der Waals surface area contributed by atoms with Crippen LogP contribution in [0.3, 0.4) is 0 Å². The lowest BCUT2D eigenvalue weighted by molar-refractivity contribution is -0.123. The standard InChI is InChI=1S/C27H28N4O4/c1-35-27(34)20-12-14-22(15-13-20)31(26(33)23-18-28-16-17-29-23)24(19-8-4-2-5-9-19)25(32)30-21-10-6-3-7-11-21/h2,4-5,8-9,12-18,21,24H,3,6-7,10-11H2,1H3,(H,30,32)/t24-/m0/s1. The minimum absolute atomic E-state index is 0.0673. The Kier molecular flexibility index (Phi) is 7.82. The molecule has 1 aliphatic rings. The number of hydrogen-bond acceptors (Lipinski definition) is 6. The van der Waals surface area contributed by atoms with Crippen LogP contribution in [0, 0.1) is 0 Å². The first-order valence-electron chi connectivity index (χ1n) is 11.7. The van der Waals surface area contributed by atoms with Gasteiger partial charge in [-0.2, -0.15) is 0 Å². The van der Waals surface area contributed by atoms with Crippen molar-refractivity contribution < 1.29 is 19.1 Å². The summed E-state index contributed by atoms with van der Waals surface area (Å²) in [6.07, 6.45) is 9.43. The van der Waals surface area contributed by atoms with Crippen molar-refractivity contribution in [2.75, 3.05) is 12.0 Å². The lowest BCUT2D eigenvalue weighted by Crippen LogP contribution is -2.47. The molecule has 1 saturated carbocycles. The number of nitrogens with one attached hydrogen (secondary N) is 1. The van der Waals surface area contributed by atoms with E-state index in [1.807, 2.05) is 30.3 Å². The molecule has 2 amide bonds. The Bertz CT molecular complexity index is 1150. The molecule has 180 valence electrons. The van der Waals surface area contributed by atoms with E-state index in [1.165, 1.54) is 30.6 Å². The molecule has 0 radical (unpaired) electrons. The summed E-state index contributed by atoms with van der Waals surface area (Å²) in [4.78, 5) is 49.1. The average molecular weight is 473 g/mol. The van der Waals surface area contributed by atoms with E-state index in [0.717, 1.165) is 32.1 Å². The Morgan fingerprint density at radius 3 is 2.31 bits per heavy atom. The number of amides is 2. The van der Waals surface area contributed by atoms with Gasteiger partial charge in [-0.15, -0.1) is 0 Å². The number of aromatic nitrogens is 2. The Balaban J connectivity index is 1.78. The van der Waals surface area contributed by atoms with Crippen LogP contribution in [0.15, 0.2) is 73.2 Å². The molecule has 1 atom stereocenters. The van der Waals surface area contributed by atoms with E-state index in [1.54, 1.807) is 24.3 Å². The highest BCUT2D eigenvalue weighted by Gasteiger charge is 2.35. The maximum absolute atomic E-state index is 13.8. The molecule has 0 bridgehead atoms. The van der Waals surface area contributed by atoms with Crippen molar-refractivity contribution >= 4 is 23.5 Å². The quantitative estimate of drug-likeness (QED) is 0.520. The Hall–Kier alpha value is -4.07. The van der Waals surface area contributed by atoms with Gasteiger partial charge >= 0.3 is 5.97 Å². The number of carbonyl (C=O) groups is 3. The fourth-order valence-electron chi connectivity index (χ4n) is 4.37. The molecule has 0 spiro atoms. The minimum Gasteiger partial charge on any atom is -0.465 e. The van der Waals surface area contributed by atoms with Crippen molar-refractivity contribution in [1.29, 1.82) is 0 Å². The summed E-state index contributed by atoms with van der Waals surface area (Å²) in [7, 11) is 1.31. The van der Waals surface area contributed by atoms with Crippen molar-refractivity contribution in [3.8, 4) is 0 Å². The van der Waals surface area contributed by atoms with Crippen molar-refractivity contribution in [3.63, 3.8) is 0 Å². The van der Waals surface area contributed by atoms with Gasteiger partial charge in [-0.25, -0.2) is 9.78 Å². The average Bonchev–Trinajstić information content (AvgIpc) is 2.92. The maximum atomic E-state index is 13.8. The monoisotopic (exact) mass is 472 g/mol. The molecule has 1 heterocycles. The topological polar surface area (TPSA) is 101 Å². The van der Waals surface area contributed by atoms with Gasteiger partial charge in [0.25, 0.3) is 5.91 Å².